The number of amides is 1. The van der Waals surface area contributed by atoms with E-state index >= 15 is 0 Å². The van der Waals surface area contributed by atoms with Gasteiger partial charge in [0.1, 0.15) is 11.4 Å². The van der Waals surface area contributed by atoms with E-state index in [0.29, 0.717) is 17.9 Å². The van der Waals surface area contributed by atoms with Crippen LogP contribution in [0.3, 0.4) is 0 Å². The van der Waals surface area contributed by atoms with E-state index in [0.717, 1.165) is 0 Å². The van der Waals surface area contributed by atoms with Gasteiger partial charge < -0.3 is 11.1 Å². The molecule has 72 valence electrons. The lowest BCUT2D eigenvalue weighted by atomic mass is 10.3. The molecule has 1 aromatic rings. The van der Waals surface area contributed by atoms with Crippen LogP contribution in [0.2, 0.25) is 0 Å². The molecule has 0 fully saturated rings. The number of aryl methyl sites for hydroxylation is 1. The zero-order chi connectivity index (χ0) is 9.84. The predicted molar refractivity (Wildman–Crippen MR) is 44.5 cm³/mol. The van der Waals surface area contributed by atoms with Crippen molar-refractivity contribution in [3.05, 3.63) is 11.4 Å². The second-order valence-corrected chi connectivity index (χ2v) is 2.80. The molecular weight excluding hydrogens is 172 g/mol. The Balaban J connectivity index is 2.44. The molecule has 13 heavy (non-hydrogen) atoms. The SMILES string of the molecule is Cc1nonc1CNC(C)C(N)=O. The lowest BCUT2D eigenvalue weighted by Gasteiger charge is -2.07. The van der Waals surface area contributed by atoms with E-state index in [1.165, 1.54) is 0 Å². The number of carbonyl (C=O) groups is 1. The van der Waals surface area contributed by atoms with E-state index in [4.69, 9.17) is 5.73 Å². The normalized spacial score (nSPS) is 12.8. The van der Waals surface area contributed by atoms with Gasteiger partial charge in [0, 0.05) is 6.54 Å². The molecule has 1 unspecified atom stereocenters. The molecule has 1 amide bonds. The smallest absolute Gasteiger partial charge is 0.234 e. The fraction of sp³-hybridized carbons (Fsp3) is 0.571. The molecule has 1 heterocycles. The minimum atomic E-state index is -0.394. The molecule has 0 bridgehead atoms. The van der Waals surface area contributed by atoms with Gasteiger partial charge in [-0.2, -0.15) is 0 Å². The third-order valence-corrected chi connectivity index (χ3v) is 1.75. The number of nitrogens with one attached hydrogen (secondary N) is 1. The van der Waals surface area contributed by atoms with Gasteiger partial charge in [0.05, 0.1) is 6.04 Å². The van der Waals surface area contributed by atoms with Gasteiger partial charge in [0.15, 0.2) is 0 Å². The van der Waals surface area contributed by atoms with Crippen LogP contribution in [-0.4, -0.2) is 22.3 Å². The lowest BCUT2D eigenvalue weighted by Crippen LogP contribution is -2.38. The number of primary amides is 1. The number of nitrogens with two attached hydrogens (primary N) is 1. The van der Waals surface area contributed by atoms with Crippen LogP contribution in [0.5, 0.6) is 0 Å². The molecule has 0 aromatic carbocycles. The topological polar surface area (TPSA) is 94.0 Å². The molecule has 1 rings (SSSR count). The summed E-state index contributed by atoms with van der Waals surface area (Å²) in [4.78, 5) is 10.6. The molecule has 0 aliphatic rings. The summed E-state index contributed by atoms with van der Waals surface area (Å²) in [6.07, 6.45) is 0. The number of nitrogens with zero attached hydrogens (tertiary/aromatic N) is 2. The van der Waals surface area contributed by atoms with Gasteiger partial charge in [0.2, 0.25) is 5.91 Å². The molecule has 0 saturated carbocycles. The Morgan fingerprint density at radius 3 is 2.85 bits per heavy atom. The van der Waals surface area contributed by atoms with Crippen molar-refractivity contribution < 1.29 is 9.42 Å². The highest BCUT2D eigenvalue weighted by Crippen LogP contribution is 1.99. The van der Waals surface area contributed by atoms with Crippen molar-refractivity contribution in [3.8, 4) is 0 Å². The molecular formula is C7H12N4O2. The van der Waals surface area contributed by atoms with E-state index in [1.54, 1.807) is 13.8 Å². The van der Waals surface area contributed by atoms with Crippen molar-refractivity contribution in [2.24, 2.45) is 5.73 Å². The Hall–Kier alpha value is -1.43. The monoisotopic (exact) mass is 184 g/mol. The highest BCUT2D eigenvalue weighted by molar-refractivity contribution is 5.79. The van der Waals surface area contributed by atoms with Crippen molar-refractivity contribution in [2.75, 3.05) is 0 Å². The summed E-state index contributed by atoms with van der Waals surface area (Å²) in [5.41, 5.74) is 6.45. The number of carbonyl (C=O) groups excluding carboxylic acids is 1. The van der Waals surface area contributed by atoms with Crippen LogP contribution in [0.4, 0.5) is 0 Å². The first kappa shape index (κ1) is 9.66. The molecule has 1 atom stereocenters. The zero-order valence-corrected chi connectivity index (χ0v) is 7.57. The van der Waals surface area contributed by atoms with Gasteiger partial charge in [-0.3, -0.25) is 4.79 Å². The molecule has 6 heteroatoms. The fourth-order valence-electron chi connectivity index (χ4n) is 0.760. The van der Waals surface area contributed by atoms with E-state index in [1.807, 2.05) is 0 Å². The Morgan fingerprint density at radius 1 is 1.69 bits per heavy atom. The van der Waals surface area contributed by atoms with Gasteiger partial charge in [-0.25, -0.2) is 4.63 Å². The summed E-state index contributed by atoms with van der Waals surface area (Å²) >= 11 is 0. The molecule has 0 saturated heterocycles. The quantitative estimate of drug-likeness (QED) is 0.648. The first-order valence-electron chi connectivity index (χ1n) is 3.92. The molecule has 0 spiro atoms. The van der Waals surface area contributed by atoms with Crippen LogP contribution in [0.25, 0.3) is 0 Å². The van der Waals surface area contributed by atoms with Crippen molar-refractivity contribution in [1.82, 2.24) is 15.6 Å². The summed E-state index contributed by atoms with van der Waals surface area (Å²) in [7, 11) is 0. The third kappa shape index (κ3) is 2.51. The van der Waals surface area contributed by atoms with Gasteiger partial charge in [-0.05, 0) is 13.8 Å². The standard InChI is InChI=1S/C7H12N4O2/c1-4-6(11-13-10-4)3-9-5(2)7(8)12/h5,9H,3H2,1-2H3,(H2,8,12). The van der Waals surface area contributed by atoms with Crippen molar-refractivity contribution in [2.45, 2.75) is 26.4 Å². The second-order valence-electron chi connectivity index (χ2n) is 2.80. The third-order valence-electron chi connectivity index (χ3n) is 1.75. The van der Waals surface area contributed by atoms with Crippen LogP contribution >= 0.6 is 0 Å². The number of hydrogen-bond acceptors (Lipinski definition) is 5. The van der Waals surface area contributed by atoms with E-state index in [9.17, 15) is 4.79 Å². The second kappa shape index (κ2) is 3.99. The predicted octanol–water partition coefficient (Wildman–Crippen LogP) is -0.659. The van der Waals surface area contributed by atoms with E-state index in [-0.39, 0.29) is 6.04 Å². The summed E-state index contributed by atoms with van der Waals surface area (Å²) in [6.45, 7) is 3.90. The molecule has 1 aromatic heterocycles. The number of aromatic nitrogens is 2. The molecule has 0 aliphatic heterocycles. The average molecular weight is 184 g/mol. The lowest BCUT2D eigenvalue weighted by molar-refractivity contribution is -0.119. The largest absolute Gasteiger partial charge is 0.368 e. The minimum absolute atomic E-state index is 0.379. The van der Waals surface area contributed by atoms with Gasteiger partial charge in [-0.1, -0.05) is 10.3 Å². The van der Waals surface area contributed by atoms with Gasteiger partial charge >= 0.3 is 0 Å². The maximum Gasteiger partial charge on any atom is 0.234 e. The number of hydrogen-bond donors (Lipinski definition) is 2. The maximum absolute atomic E-state index is 10.6. The Bertz CT molecular complexity index is 296. The Kier molecular flexibility index (Phi) is 2.97. The first-order chi connectivity index (χ1) is 6.11. The Morgan fingerprint density at radius 2 is 2.38 bits per heavy atom. The molecule has 3 N–H and O–H groups in total. The van der Waals surface area contributed by atoms with Gasteiger partial charge in [-0.15, -0.1) is 0 Å². The van der Waals surface area contributed by atoms with Crippen molar-refractivity contribution in [3.63, 3.8) is 0 Å². The van der Waals surface area contributed by atoms with Crippen LogP contribution in [0.15, 0.2) is 4.63 Å². The highest BCUT2D eigenvalue weighted by Gasteiger charge is 2.10. The van der Waals surface area contributed by atoms with Crippen molar-refractivity contribution in [1.29, 1.82) is 0 Å². The van der Waals surface area contributed by atoms with Gasteiger partial charge in [0.25, 0.3) is 0 Å². The number of rotatable bonds is 4. The molecule has 0 aliphatic carbocycles. The average Bonchev–Trinajstić information content (AvgIpc) is 2.47. The maximum atomic E-state index is 10.6. The van der Waals surface area contributed by atoms with Crippen LogP contribution in [-0.2, 0) is 11.3 Å². The summed E-state index contributed by atoms with van der Waals surface area (Å²) < 4.78 is 4.48. The highest BCUT2D eigenvalue weighted by atomic mass is 16.6. The van der Waals surface area contributed by atoms with Crippen LogP contribution in [0, 0.1) is 6.92 Å². The van der Waals surface area contributed by atoms with Crippen LogP contribution in [0.1, 0.15) is 18.3 Å². The van der Waals surface area contributed by atoms with E-state index < -0.39 is 5.91 Å². The first-order valence-corrected chi connectivity index (χ1v) is 3.92. The van der Waals surface area contributed by atoms with E-state index in [2.05, 4.69) is 20.3 Å². The molecule has 6 nitrogen and oxygen atoms in total. The Labute approximate surface area is 75.4 Å². The summed E-state index contributed by atoms with van der Waals surface area (Å²) in [6, 6.07) is -0.379. The van der Waals surface area contributed by atoms with Crippen LogP contribution < -0.4 is 11.1 Å². The summed E-state index contributed by atoms with van der Waals surface area (Å²) in [5.74, 6) is -0.394. The van der Waals surface area contributed by atoms with Crippen molar-refractivity contribution >= 4 is 5.91 Å². The summed E-state index contributed by atoms with van der Waals surface area (Å²) in [5, 5.41) is 10.1. The molecule has 0 radical (unpaired) electrons. The minimum Gasteiger partial charge on any atom is -0.368 e. The zero-order valence-electron chi connectivity index (χ0n) is 7.57. The fourth-order valence-corrected chi connectivity index (χ4v) is 0.760.